The lowest BCUT2D eigenvalue weighted by atomic mass is 10.1. The van der Waals surface area contributed by atoms with Gasteiger partial charge in [-0.05, 0) is 39.8 Å². The van der Waals surface area contributed by atoms with Crippen molar-refractivity contribution in [1.29, 1.82) is 0 Å². The molecule has 4 nitrogen and oxygen atoms in total. The topological polar surface area (TPSA) is 42.7 Å². The third kappa shape index (κ3) is 1.72. The third-order valence-electron chi connectivity index (χ3n) is 2.56. The molecule has 72 valence electrons. The minimum Gasteiger partial charge on any atom is -0.317 e. The molecule has 1 saturated heterocycles. The normalized spacial score (nSPS) is 19.2. The monoisotopic (exact) mass is 180 g/mol. The van der Waals surface area contributed by atoms with E-state index in [1.165, 1.54) is 12.8 Å². The molecule has 0 bridgehead atoms. The molecule has 1 fully saturated rings. The zero-order valence-electron chi connectivity index (χ0n) is 8.25. The molecule has 13 heavy (non-hydrogen) atoms. The summed E-state index contributed by atoms with van der Waals surface area (Å²) in [5, 5.41) is 7.76. The van der Waals surface area contributed by atoms with Crippen LogP contribution >= 0.6 is 0 Å². The van der Waals surface area contributed by atoms with Crippen molar-refractivity contribution in [2.75, 3.05) is 13.1 Å². The van der Waals surface area contributed by atoms with Crippen molar-refractivity contribution in [2.24, 2.45) is 0 Å². The molecule has 0 atom stereocenters. The lowest BCUT2D eigenvalue weighted by Crippen LogP contribution is -2.30. The second kappa shape index (κ2) is 3.46. The van der Waals surface area contributed by atoms with Crippen LogP contribution in [0.4, 0.5) is 0 Å². The Kier molecular flexibility index (Phi) is 2.31. The predicted octanol–water partition coefficient (Wildman–Crippen LogP) is 0.819. The number of rotatable bonds is 1. The van der Waals surface area contributed by atoms with Gasteiger partial charge in [0.2, 0.25) is 0 Å². The van der Waals surface area contributed by atoms with Crippen molar-refractivity contribution in [3.63, 3.8) is 0 Å². The molecule has 0 saturated carbocycles. The minimum atomic E-state index is 0.558. The van der Waals surface area contributed by atoms with Crippen molar-refractivity contribution in [3.8, 4) is 0 Å². The largest absolute Gasteiger partial charge is 0.317 e. The quantitative estimate of drug-likeness (QED) is 0.695. The first kappa shape index (κ1) is 8.69. The molecule has 0 amide bonds. The Hall–Kier alpha value is -0.900. The van der Waals surface area contributed by atoms with Gasteiger partial charge in [0.15, 0.2) is 0 Å². The standard InChI is InChI=1S/C9H16N4/c1-7-11-8(2)13(12-7)9-3-5-10-6-4-9/h9-10H,3-6H2,1-2H3. The Morgan fingerprint density at radius 3 is 2.54 bits per heavy atom. The first-order valence-corrected chi connectivity index (χ1v) is 4.88. The first-order valence-electron chi connectivity index (χ1n) is 4.88. The smallest absolute Gasteiger partial charge is 0.147 e. The van der Waals surface area contributed by atoms with E-state index in [2.05, 4.69) is 20.1 Å². The number of aryl methyl sites for hydroxylation is 2. The number of nitrogens with one attached hydrogen (secondary N) is 1. The van der Waals surface area contributed by atoms with E-state index in [1.54, 1.807) is 0 Å². The van der Waals surface area contributed by atoms with Crippen LogP contribution in [0.2, 0.25) is 0 Å². The van der Waals surface area contributed by atoms with E-state index in [1.807, 2.05) is 13.8 Å². The zero-order valence-corrected chi connectivity index (χ0v) is 8.25. The van der Waals surface area contributed by atoms with Crippen molar-refractivity contribution in [2.45, 2.75) is 32.7 Å². The SMILES string of the molecule is Cc1nc(C)n(C2CCNCC2)n1. The number of aromatic nitrogens is 3. The molecule has 2 rings (SSSR count). The maximum absolute atomic E-state index is 4.41. The summed E-state index contributed by atoms with van der Waals surface area (Å²) < 4.78 is 2.08. The fourth-order valence-corrected chi connectivity index (χ4v) is 1.93. The van der Waals surface area contributed by atoms with Crippen LogP contribution in [-0.4, -0.2) is 27.9 Å². The molecule has 2 heterocycles. The Bertz CT molecular complexity index is 286. The van der Waals surface area contributed by atoms with Gasteiger partial charge in [0.25, 0.3) is 0 Å². The minimum absolute atomic E-state index is 0.558. The van der Waals surface area contributed by atoms with E-state index in [4.69, 9.17) is 0 Å². The van der Waals surface area contributed by atoms with Gasteiger partial charge in [0, 0.05) is 0 Å². The van der Waals surface area contributed by atoms with Gasteiger partial charge in [-0.2, -0.15) is 5.10 Å². The summed E-state index contributed by atoms with van der Waals surface area (Å²) in [6, 6.07) is 0.558. The third-order valence-corrected chi connectivity index (χ3v) is 2.56. The average molecular weight is 180 g/mol. The summed E-state index contributed by atoms with van der Waals surface area (Å²) in [5.74, 6) is 1.93. The maximum Gasteiger partial charge on any atom is 0.147 e. The Morgan fingerprint density at radius 2 is 2.00 bits per heavy atom. The average Bonchev–Trinajstić information content (AvgIpc) is 2.47. The maximum atomic E-state index is 4.41. The lowest BCUT2D eigenvalue weighted by Gasteiger charge is -2.23. The van der Waals surface area contributed by atoms with Gasteiger partial charge in [-0.3, -0.25) is 0 Å². The summed E-state index contributed by atoms with van der Waals surface area (Å²) >= 11 is 0. The Balaban J connectivity index is 2.18. The highest BCUT2D eigenvalue weighted by Crippen LogP contribution is 2.18. The molecule has 1 aliphatic rings. The molecule has 0 spiro atoms. The summed E-state index contributed by atoms with van der Waals surface area (Å²) in [6.07, 6.45) is 2.34. The number of hydrogen-bond acceptors (Lipinski definition) is 3. The van der Waals surface area contributed by atoms with Gasteiger partial charge in [-0.25, -0.2) is 9.67 Å². The lowest BCUT2D eigenvalue weighted by molar-refractivity contribution is 0.336. The highest BCUT2D eigenvalue weighted by Gasteiger charge is 2.17. The molecule has 0 radical (unpaired) electrons. The van der Waals surface area contributed by atoms with Gasteiger partial charge in [-0.1, -0.05) is 0 Å². The van der Waals surface area contributed by atoms with Crippen LogP contribution in [0.1, 0.15) is 30.5 Å². The number of nitrogens with zero attached hydrogens (tertiary/aromatic N) is 3. The second-order valence-corrected chi connectivity index (χ2v) is 3.63. The summed E-state index contributed by atoms with van der Waals surface area (Å²) in [6.45, 7) is 6.18. The summed E-state index contributed by atoms with van der Waals surface area (Å²) in [7, 11) is 0. The predicted molar refractivity (Wildman–Crippen MR) is 50.6 cm³/mol. The molecule has 1 aliphatic heterocycles. The molecular formula is C9H16N4. The van der Waals surface area contributed by atoms with Crippen LogP contribution in [0.3, 0.4) is 0 Å². The van der Waals surface area contributed by atoms with E-state index >= 15 is 0 Å². The van der Waals surface area contributed by atoms with Gasteiger partial charge in [0.05, 0.1) is 6.04 Å². The van der Waals surface area contributed by atoms with E-state index < -0.39 is 0 Å². The molecule has 0 aromatic carbocycles. The summed E-state index contributed by atoms with van der Waals surface area (Å²) in [5.41, 5.74) is 0. The molecule has 1 aromatic rings. The first-order chi connectivity index (χ1) is 6.27. The highest BCUT2D eigenvalue weighted by atomic mass is 15.4. The molecular weight excluding hydrogens is 164 g/mol. The van der Waals surface area contributed by atoms with Crippen molar-refractivity contribution in [3.05, 3.63) is 11.6 Å². The molecule has 1 N–H and O–H groups in total. The van der Waals surface area contributed by atoms with E-state index in [0.717, 1.165) is 24.7 Å². The Labute approximate surface area is 78.4 Å². The highest BCUT2D eigenvalue weighted by molar-refractivity contribution is 4.91. The fourth-order valence-electron chi connectivity index (χ4n) is 1.93. The van der Waals surface area contributed by atoms with Crippen LogP contribution in [-0.2, 0) is 0 Å². The van der Waals surface area contributed by atoms with E-state index in [0.29, 0.717) is 6.04 Å². The second-order valence-electron chi connectivity index (χ2n) is 3.63. The van der Waals surface area contributed by atoms with Gasteiger partial charge in [0.1, 0.15) is 11.6 Å². The van der Waals surface area contributed by atoms with E-state index in [9.17, 15) is 0 Å². The van der Waals surface area contributed by atoms with Crippen molar-refractivity contribution in [1.82, 2.24) is 20.1 Å². The van der Waals surface area contributed by atoms with Crippen LogP contribution in [0.5, 0.6) is 0 Å². The van der Waals surface area contributed by atoms with Crippen LogP contribution < -0.4 is 5.32 Å². The summed E-state index contributed by atoms with van der Waals surface area (Å²) in [4.78, 5) is 4.32. The zero-order chi connectivity index (χ0) is 9.26. The van der Waals surface area contributed by atoms with Gasteiger partial charge in [-0.15, -0.1) is 0 Å². The van der Waals surface area contributed by atoms with Crippen LogP contribution in [0, 0.1) is 13.8 Å². The van der Waals surface area contributed by atoms with Crippen molar-refractivity contribution < 1.29 is 0 Å². The van der Waals surface area contributed by atoms with E-state index in [-0.39, 0.29) is 0 Å². The molecule has 0 unspecified atom stereocenters. The Morgan fingerprint density at radius 1 is 1.31 bits per heavy atom. The van der Waals surface area contributed by atoms with Crippen LogP contribution in [0.25, 0.3) is 0 Å². The van der Waals surface area contributed by atoms with Crippen molar-refractivity contribution >= 4 is 0 Å². The number of hydrogen-bond donors (Lipinski definition) is 1. The molecule has 0 aliphatic carbocycles. The number of piperidine rings is 1. The van der Waals surface area contributed by atoms with Crippen LogP contribution in [0.15, 0.2) is 0 Å². The molecule has 1 aromatic heterocycles. The van der Waals surface area contributed by atoms with Gasteiger partial charge >= 0.3 is 0 Å². The molecule has 4 heteroatoms. The fraction of sp³-hybridized carbons (Fsp3) is 0.778. The van der Waals surface area contributed by atoms with Gasteiger partial charge < -0.3 is 5.32 Å².